The van der Waals surface area contributed by atoms with E-state index in [0.717, 1.165) is 30.6 Å². The lowest BCUT2D eigenvalue weighted by Crippen LogP contribution is -2.25. The van der Waals surface area contributed by atoms with Crippen LogP contribution in [0.25, 0.3) is 5.82 Å². The van der Waals surface area contributed by atoms with Crippen LogP contribution in [0.5, 0.6) is 11.5 Å². The summed E-state index contributed by atoms with van der Waals surface area (Å²) in [5, 5.41) is 8.79. The number of aromatic nitrogens is 3. The average Bonchev–Trinajstić information content (AvgIpc) is 3.17. The van der Waals surface area contributed by atoms with Gasteiger partial charge in [-0.05, 0) is 49.1 Å². The van der Waals surface area contributed by atoms with E-state index in [9.17, 15) is 0 Å². The maximum absolute atomic E-state index is 6.33. The average molecular weight is 399 g/mol. The molecule has 1 aliphatic carbocycles. The molecule has 0 amide bonds. The molecule has 1 aliphatic rings. The Hall–Kier alpha value is -2.57. The van der Waals surface area contributed by atoms with Crippen LogP contribution in [0.15, 0.2) is 42.7 Å². The highest BCUT2D eigenvalue weighted by Crippen LogP contribution is 2.36. The van der Waals surface area contributed by atoms with Gasteiger partial charge < -0.3 is 14.8 Å². The molecular formula is C21H23ClN4O2. The number of fused-ring (bicyclic) bond motifs is 1. The zero-order valence-electron chi connectivity index (χ0n) is 16.0. The first-order chi connectivity index (χ1) is 13.7. The molecule has 2 aromatic heterocycles. The van der Waals surface area contributed by atoms with Crippen molar-refractivity contribution in [2.45, 2.75) is 31.8 Å². The molecule has 0 saturated carbocycles. The van der Waals surface area contributed by atoms with E-state index in [1.165, 1.54) is 11.3 Å². The lowest BCUT2D eigenvalue weighted by Gasteiger charge is -2.24. The van der Waals surface area contributed by atoms with Gasteiger partial charge in [-0.15, -0.1) is 0 Å². The van der Waals surface area contributed by atoms with Crippen LogP contribution in [-0.2, 0) is 13.0 Å². The molecule has 2 heterocycles. The van der Waals surface area contributed by atoms with Crippen molar-refractivity contribution in [3.63, 3.8) is 0 Å². The SMILES string of the molecule is COc1cc(CN[C@@H]2CCCc3c2cnn3-c2ccccn2)cc(Cl)c1OC. The number of nitrogens with one attached hydrogen (secondary N) is 1. The van der Waals surface area contributed by atoms with Gasteiger partial charge in [0.1, 0.15) is 0 Å². The standard InChI is InChI=1S/C21H23ClN4O2/c1-27-19-11-14(10-16(22)21(19)28-2)12-24-17-6-5-7-18-15(17)13-25-26(18)20-8-3-4-9-23-20/h3-4,8-11,13,17,24H,5-7,12H2,1-2H3/t17-/m1/s1. The van der Waals surface area contributed by atoms with E-state index in [1.807, 2.05) is 41.2 Å². The molecule has 4 rings (SSSR count). The molecular weight excluding hydrogens is 376 g/mol. The number of ether oxygens (including phenoxy) is 2. The fourth-order valence-electron chi connectivity index (χ4n) is 3.76. The van der Waals surface area contributed by atoms with E-state index in [2.05, 4.69) is 15.4 Å². The van der Waals surface area contributed by atoms with Crippen LogP contribution < -0.4 is 14.8 Å². The quantitative estimate of drug-likeness (QED) is 0.677. The van der Waals surface area contributed by atoms with Crippen LogP contribution >= 0.6 is 11.6 Å². The molecule has 0 bridgehead atoms. The van der Waals surface area contributed by atoms with Crippen molar-refractivity contribution < 1.29 is 9.47 Å². The van der Waals surface area contributed by atoms with Crippen LogP contribution in [-0.4, -0.2) is 29.0 Å². The molecule has 0 saturated heterocycles. The molecule has 1 atom stereocenters. The van der Waals surface area contributed by atoms with E-state index in [4.69, 9.17) is 21.1 Å². The molecule has 146 valence electrons. The number of halogens is 1. The third kappa shape index (κ3) is 3.57. The van der Waals surface area contributed by atoms with Gasteiger partial charge in [0.15, 0.2) is 17.3 Å². The van der Waals surface area contributed by atoms with Gasteiger partial charge >= 0.3 is 0 Å². The summed E-state index contributed by atoms with van der Waals surface area (Å²) >= 11 is 6.33. The summed E-state index contributed by atoms with van der Waals surface area (Å²) in [7, 11) is 3.20. The van der Waals surface area contributed by atoms with Gasteiger partial charge in [-0.1, -0.05) is 17.7 Å². The van der Waals surface area contributed by atoms with Crippen LogP contribution in [0.2, 0.25) is 5.02 Å². The molecule has 6 nitrogen and oxygen atoms in total. The largest absolute Gasteiger partial charge is 0.493 e. The zero-order chi connectivity index (χ0) is 19.5. The van der Waals surface area contributed by atoms with E-state index < -0.39 is 0 Å². The van der Waals surface area contributed by atoms with Gasteiger partial charge in [0.05, 0.1) is 31.1 Å². The van der Waals surface area contributed by atoms with Crippen molar-refractivity contribution in [1.82, 2.24) is 20.1 Å². The van der Waals surface area contributed by atoms with E-state index >= 15 is 0 Å². The first-order valence-corrected chi connectivity index (χ1v) is 9.71. The Morgan fingerprint density at radius 3 is 2.89 bits per heavy atom. The summed E-state index contributed by atoms with van der Waals surface area (Å²) < 4.78 is 12.7. The third-order valence-electron chi connectivity index (χ3n) is 5.10. The van der Waals surface area contributed by atoms with Gasteiger partial charge in [0.2, 0.25) is 0 Å². The summed E-state index contributed by atoms with van der Waals surface area (Å²) in [6, 6.07) is 9.99. The Bertz CT molecular complexity index is 959. The smallest absolute Gasteiger partial charge is 0.179 e. The second-order valence-corrected chi connectivity index (χ2v) is 7.19. The minimum Gasteiger partial charge on any atom is -0.493 e. The van der Waals surface area contributed by atoms with Gasteiger partial charge in [0, 0.05) is 24.3 Å². The summed E-state index contributed by atoms with van der Waals surface area (Å²) in [6.45, 7) is 0.680. The number of hydrogen-bond donors (Lipinski definition) is 1. The minimum atomic E-state index is 0.244. The summed E-state index contributed by atoms with van der Waals surface area (Å²) in [5.74, 6) is 2.06. The molecule has 0 unspecified atom stereocenters. The lowest BCUT2D eigenvalue weighted by atomic mass is 9.92. The highest BCUT2D eigenvalue weighted by molar-refractivity contribution is 6.32. The highest BCUT2D eigenvalue weighted by atomic mass is 35.5. The first-order valence-electron chi connectivity index (χ1n) is 9.33. The molecule has 0 spiro atoms. The summed E-state index contributed by atoms with van der Waals surface area (Å²) in [5.41, 5.74) is 3.52. The minimum absolute atomic E-state index is 0.244. The molecule has 0 aliphatic heterocycles. The van der Waals surface area contributed by atoms with Gasteiger partial charge in [-0.2, -0.15) is 5.10 Å². The highest BCUT2D eigenvalue weighted by Gasteiger charge is 2.25. The van der Waals surface area contributed by atoms with Gasteiger partial charge in [-0.3, -0.25) is 0 Å². The van der Waals surface area contributed by atoms with Crippen LogP contribution in [0.1, 0.15) is 35.7 Å². The maximum Gasteiger partial charge on any atom is 0.179 e. The summed E-state index contributed by atoms with van der Waals surface area (Å²) in [4.78, 5) is 4.43. The normalized spacial score (nSPS) is 15.9. The second-order valence-electron chi connectivity index (χ2n) is 6.79. The molecule has 0 fully saturated rings. The molecule has 0 radical (unpaired) electrons. The number of benzene rings is 1. The number of nitrogens with zero attached hydrogens (tertiary/aromatic N) is 3. The molecule has 1 aromatic carbocycles. The van der Waals surface area contributed by atoms with Crippen molar-refractivity contribution in [3.8, 4) is 17.3 Å². The topological polar surface area (TPSA) is 61.2 Å². The molecule has 3 aromatic rings. The fraction of sp³-hybridized carbons (Fsp3) is 0.333. The van der Waals surface area contributed by atoms with E-state index in [0.29, 0.717) is 23.1 Å². The van der Waals surface area contributed by atoms with Crippen molar-refractivity contribution >= 4 is 11.6 Å². The Morgan fingerprint density at radius 2 is 2.14 bits per heavy atom. The first kappa shape index (κ1) is 18.8. The predicted molar refractivity (Wildman–Crippen MR) is 108 cm³/mol. The van der Waals surface area contributed by atoms with Gasteiger partial charge in [0.25, 0.3) is 0 Å². The second kappa shape index (κ2) is 8.20. The molecule has 7 heteroatoms. The number of rotatable bonds is 6. The number of hydrogen-bond acceptors (Lipinski definition) is 5. The monoisotopic (exact) mass is 398 g/mol. The Labute approximate surface area is 169 Å². The van der Waals surface area contributed by atoms with E-state index in [1.54, 1.807) is 20.4 Å². The van der Waals surface area contributed by atoms with Crippen LogP contribution in [0.3, 0.4) is 0 Å². The Kier molecular flexibility index (Phi) is 5.50. The lowest BCUT2D eigenvalue weighted by molar-refractivity contribution is 0.354. The van der Waals surface area contributed by atoms with Crippen molar-refractivity contribution in [1.29, 1.82) is 0 Å². The Morgan fingerprint density at radius 1 is 1.25 bits per heavy atom. The third-order valence-corrected chi connectivity index (χ3v) is 5.38. The number of methoxy groups -OCH3 is 2. The molecule has 28 heavy (non-hydrogen) atoms. The van der Waals surface area contributed by atoms with Crippen molar-refractivity contribution in [3.05, 3.63) is 64.6 Å². The summed E-state index contributed by atoms with van der Waals surface area (Å²) in [6.07, 6.45) is 6.94. The predicted octanol–water partition coefficient (Wildman–Crippen LogP) is 4.11. The van der Waals surface area contributed by atoms with Crippen molar-refractivity contribution in [2.24, 2.45) is 0 Å². The van der Waals surface area contributed by atoms with E-state index in [-0.39, 0.29) is 6.04 Å². The van der Waals surface area contributed by atoms with Crippen molar-refractivity contribution in [2.75, 3.05) is 14.2 Å². The van der Waals surface area contributed by atoms with Gasteiger partial charge in [-0.25, -0.2) is 9.67 Å². The maximum atomic E-state index is 6.33. The number of pyridine rings is 1. The fourth-order valence-corrected chi connectivity index (χ4v) is 4.07. The zero-order valence-corrected chi connectivity index (χ0v) is 16.7. The van der Waals surface area contributed by atoms with Crippen LogP contribution in [0.4, 0.5) is 0 Å². The van der Waals surface area contributed by atoms with Crippen LogP contribution in [0, 0.1) is 0 Å². The Balaban J connectivity index is 1.54. The molecule has 1 N–H and O–H groups in total.